The Labute approximate surface area is 116 Å². The number of benzene rings is 1. The first-order valence-corrected chi connectivity index (χ1v) is 7.25. The van der Waals surface area contributed by atoms with Crippen molar-refractivity contribution in [1.82, 2.24) is 4.90 Å². The van der Waals surface area contributed by atoms with E-state index in [0.717, 1.165) is 29.7 Å². The van der Waals surface area contributed by atoms with Crippen LogP contribution in [-0.4, -0.2) is 29.6 Å². The molecular formula is C13H16BrNOS. The van der Waals surface area contributed by atoms with Crippen LogP contribution in [-0.2, 0) is 11.2 Å². The molecule has 0 aliphatic carbocycles. The minimum Gasteiger partial charge on any atom is -0.342 e. The van der Waals surface area contributed by atoms with E-state index in [9.17, 15) is 4.79 Å². The highest BCUT2D eigenvalue weighted by Crippen LogP contribution is 2.21. The van der Waals surface area contributed by atoms with Crippen LogP contribution < -0.4 is 0 Å². The summed E-state index contributed by atoms with van der Waals surface area (Å²) in [6.07, 6.45) is 1.58. The Morgan fingerprint density at radius 3 is 2.82 bits per heavy atom. The lowest BCUT2D eigenvalue weighted by Gasteiger charge is -2.16. The fourth-order valence-corrected chi connectivity index (χ4v) is 2.88. The van der Waals surface area contributed by atoms with Crippen molar-refractivity contribution in [3.8, 4) is 0 Å². The molecule has 0 spiro atoms. The molecule has 1 unspecified atom stereocenters. The van der Waals surface area contributed by atoms with Crippen LogP contribution in [0.15, 0.2) is 28.7 Å². The van der Waals surface area contributed by atoms with Gasteiger partial charge in [0.1, 0.15) is 0 Å². The number of carbonyl (C=O) groups excluding carboxylic acids is 1. The number of halogens is 1. The molecule has 1 aliphatic heterocycles. The van der Waals surface area contributed by atoms with Crippen LogP contribution in [0.2, 0.25) is 0 Å². The van der Waals surface area contributed by atoms with Gasteiger partial charge < -0.3 is 4.90 Å². The lowest BCUT2D eigenvalue weighted by Crippen LogP contribution is -2.27. The molecule has 0 saturated carbocycles. The maximum Gasteiger partial charge on any atom is 0.222 e. The molecule has 2 nitrogen and oxygen atoms in total. The average Bonchev–Trinajstić information content (AvgIpc) is 2.69. The van der Waals surface area contributed by atoms with Crippen molar-refractivity contribution in [2.24, 2.45) is 5.92 Å². The van der Waals surface area contributed by atoms with Gasteiger partial charge in [-0.05, 0) is 29.7 Å². The van der Waals surface area contributed by atoms with E-state index in [1.165, 1.54) is 5.56 Å². The second kappa shape index (κ2) is 5.91. The Bertz CT molecular complexity index is 410. The predicted molar refractivity (Wildman–Crippen MR) is 76.4 cm³/mol. The van der Waals surface area contributed by atoms with Crippen LogP contribution in [0.25, 0.3) is 0 Å². The molecule has 0 aromatic heterocycles. The minimum absolute atomic E-state index is 0.274. The molecule has 1 amide bonds. The van der Waals surface area contributed by atoms with Crippen molar-refractivity contribution in [2.75, 3.05) is 18.8 Å². The fourth-order valence-electron chi connectivity index (χ4n) is 2.15. The third-order valence-corrected chi connectivity index (χ3v) is 4.45. The van der Waals surface area contributed by atoms with Gasteiger partial charge in [0.15, 0.2) is 0 Å². The second-order valence-corrected chi connectivity index (χ2v) is 5.65. The van der Waals surface area contributed by atoms with Gasteiger partial charge in [-0.15, -0.1) is 0 Å². The Balaban J connectivity index is 1.91. The maximum absolute atomic E-state index is 11.7. The summed E-state index contributed by atoms with van der Waals surface area (Å²) in [6, 6.07) is 8.17. The second-order valence-electron chi connectivity index (χ2n) is 4.43. The summed E-state index contributed by atoms with van der Waals surface area (Å²) in [5.74, 6) is 1.51. The van der Waals surface area contributed by atoms with Crippen LogP contribution in [0.4, 0.5) is 0 Å². The number of nitrogens with zero attached hydrogens (tertiary/aromatic N) is 1. The Kier molecular flexibility index (Phi) is 4.51. The molecule has 1 aliphatic rings. The van der Waals surface area contributed by atoms with Crippen molar-refractivity contribution in [1.29, 1.82) is 0 Å². The molecule has 92 valence electrons. The molecule has 1 heterocycles. The Morgan fingerprint density at radius 1 is 1.41 bits per heavy atom. The zero-order chi connectivity index (χ0) is 12.3. The van der Waals surface area contributed by atoms with Gasteiger partial charge in [-0.3, -0.25) is 4.79 Å². The molecule has 4 heteroatoms. The summed E-state index contributed by atoms with van der Waals surface area (Å²) in [6.45, 7) is 1.68. The van der Waals surface area contributed by atoms with E-state index < -0.39 is 0 Å². The highest BCUT2D eigenvalue weighted by atomic mass is 79.9. The quantitative estimate of drug-likeness (QED) is 0.848. The lowest BCUT2D eigenvalue weighted by atomic mass is 10.1. The van der Waals surface area contributed by atoms with Gasteiger partial charge in [0.25, 0.3) is 0 Å². The van der Waals surface area contributed by atoms with Crippen molar-refractivity contribution in [3.05, 3.63) is 34.3 Å². The third-order valence-electron chi connectivity index (χ3n) is 3.16. The SMILES string of the molecule is O=C1CC(CS)CN1CCc1ccccc1Br. The minimum atomic E-state index is 0.274. The van der Waals surface area contributed by atoms with Crippen LogP contribution in [0.1, 0.15) is 12.0 Å². The molecule has 1 aromatic rings. The summed E-state index contributed by atoms with van der Waals surface area (Å²) in [5, 5.41) is 0. The normalized spacial score (nSPS) is 20.0. The molecule has 1 saturated heterocycles. The van der Waals surface area contributed by atoms with Crippen molar-refractivity contribution in [3.63, 3.8) is 0 Å². The van der Waals surface area contributed by atoms with Gasteiger partial charge in [0.05, 0.1) is 0 Å². The maximum atomic E-state index is 11.7. The fraction of sp³-hybridized carbons (Fsp3) is 0.462. The zero-order valence-corrected chi connectivity index (χ0v) is 12.1. The number of thiol groups is 1. The average molecular weight is 314 g/mol. The molecule has 0 radical (unpaired) electrons. The Morgan fingerprint density at radius 2 is 2.18 bits per heavy atom. The van der Waals surface area contributed by atoms with Crippen molar-refractivity contribution < 1.29 is 4.79 Å². The number of hydrogen-bond acceptors (Lipinski definition) is 2. The predicted octanol–water partition coefficient (Wildman–Crippen LogP) is 2.77. The first-order valence-electron chi connectivity index (χ1n) is 5.82. The number of amides is 1. The van der Waals surface area contributed by atoms with E-state index in [-0.39, 0.29) is 5.91 Å². The first kappa shape index (κ1) is 13.0. The van der Waals surface area contributed by atoms with Crippen LogP contribution in [0, 0.1) is 5.92 Å². The van der Waals surface area contributed by atoms with Gasteiger partial charge in [-0.1, -0.05) is 34.1 Å². The summed E-state index contributed by atoms with van der Waals surface area (Å²) in [4.78, 5) is 13.7. The molecule has 17 heavy (non-hydrogen) atoms. The summed E-state index contributed by atoms with van der Waals surface area (Å²) in [7, 11) is 0. The third kappa shape index (κ3) is 3.26. The number of carbonyl (C=O) groups is 1. The number of likely N-dealkylation sites (tertiary alicyclic amines) is 1. The number of hydrogen-bond donors (Lipinski definition) is 1. The lowest BCUT2D eigenvalue weighted by molar-refractivity contribution is -0.127. The van der Waals surface area contributed by atoms with E-state index in [1.807, 2.05) is 23.1 Å². The smallest absolute Gasteiger partial charge is 0.222 e. The highest BCUT2D eigenvalue weighted by Gasteiger charge is 2.27. The van der Waals surface area contributed by atoms with E-state index in [2.05, 4.69) is 34.6 Å². The van der Waals surface area contributed by atoms with Gasteiger partial charge in [0.2, 0.25) is 5.91 Å². The van der Waals surface area contributed by atoms with E-state index >= 15 is 0 Å². The molecule has 2 rings (SSSR count). The van der Waals surface area contributed by atoms with Crippen molar-refractivity contribution in [2.45, 2.75) is 12.8 Å². The monoisotopic (exact) mass is 313 g/mol. The summed E-state index contributed by atoms with van der Waals surface area (Å²) >= 11 is 7.80. The van der Waals surface area contributed by atoms with E-state index in [1.54, 1.807) is 0 Å². The van der Waals surface area contributed by atoms with Gasteiger partial charge in [-0.25, -0.2) is 0 Å². The zero-order valence-electron chi connectivity index (χ0n) is 9.60. The van der Waals surface area contributed by atoms with Crippen molar-refractivity contribution >= 4 is 34.5 Å². The molecule has 1 fully saturated rings. The largest absolute Gasteiger partial charge is 0.342 e. The van der Waals surface area contributed by atoms with E-state index in [4.69, 9.17) is 0 Å². The molecular weight excluding hydrogens is 298 g/mol. The summed E-state index contributed by atoms with van der Waals surface area (Å²) in [5.41, 5.74) is 1.26. The van der Waals surface area contributed by atoms with E-state index in [0.29, 0.717) is 12.3 Å². The molecule has 0 bridgehead atoms. The van der Waals surface area contributed by atoms with Crippen LogP contribution in [0.5, 0.6) is 0 Å². The Hall–Kier alpha value is -0.480. The van der Waals surface area contributed by atoms with Gasteiger partial charge in [0, 0.05) is 24.0 Å². The standard InChI is InChI=1S/C13H16BrNOS/c14-12-4-2-1-3-11(12)5-6-15-8-10(9-17)7-13(15)16/h1-4,10,17H,5-9H2. The number of rotatable bonds is 4. The van der Waals surface area contributed by atoms with Gasteiger partial charge in [-0.2, -0.15) is 12.6 Å². The van der Waals surface area contributed by atoms with Crippen LogP contribution in [0.3, 0.4) is 0 Å². The topological polar surface area (TPSA) is 20.3 Å². The molecule has 1 aromatic carbocycles. The highest BCUT2D eigenvalue weighted by molar-refractivity contribution is 9.10. The summed E-state index contributed by atoms with van der Waals surface area (Å²) < 4.78 is 1.12. The molecule has 0 N–H and O–H groups in total. The van der Waals surface area contributed by atoms with Crippen LogP contribution >= 0.6 is 28.6 Å². The van der Waals surface area contributed by atoms with Gasteiger partial charge >= 0.3 is 0 Å². The first-order chi connectivity index (χ1) is 8.20. The molecule has 1 atom stereocenters.